The van der Waals surface area contributed by atoms with E-state index in [1.807, 2.05) is 0 Å². The summed E-state index contributed by atoms with van der Waals surface area (Å²) < 4.78 is 10.9. The molecule has 0 unspecified atom stereocenters. The van der Waals surface area contributed by atoms with Crippen LogP contribution in [-0.2, 0) is 18.8 Å². The van der Waals surface area contributed by atoms with Crippen molar-refractivity contribution in [3.8, 4) is 0 Å². The van der Waals surface area contributed by atoms with Gasteiger partial charge in [-0.2, -0.15) is 0 Å². The van der Waals surface area contributed by atoms with Crippen molar-refractivity contribution in [2.75, 3.05) is 6.61 Å². The third-order valence-corrected chi connectivity index (χ3v) is 8.99. The first-order valence-corrected chi connectivity index (χ1v) is 12.6. The van der Waals surface area contributed by atoms with Crippen LogP contribution in [0.1, 0.15) is 78.6 Å². The Morgan fingerprint density at radius 1 is 0.840 bits per heavy atom. The van der Waals surface area contributed by atoms with E-state index in [-0.39, 0.29) is 12.6 Å². The molecular weight excluding hydrogens is 332 g/mol. The normalized spacial score (nSPS) is 11.2. The SMILES string of the molecule is C=CC(=O)OCC(=O)O[Si](CCCCC)(CCCCC)CCCCC. The molecule has 0 rings (SSSR count). The van der Waals surface area contributed by atoms with Crippen LogP contribution in [0.4, 0.5) is 0 Å². The summed E-state index contributed by atoms with van der Waals surface area (Å²) >= 11 is 0. The van der Waals surface area contributed by atoms with Crippen LogP contribution >= 0.6 is 0 Å². The van der Waals surface area contributed by atoms with Crippen molar-refractivity contribution >= 4 is 20.3 Å². The van der Waals surface area contributed by atoms with Crippen molar-refractivity contribution < 1.29 is 18.8 Å². The Kier molecular flexibility index (Phi) is 14.5. The lowest BCUT2D eigenvalue weighted by Gasteiger charge is -2.31. The minimum atomic E-state index is -2.12. The van der Waals surface area contributed by atoms with Gasteiger partial charge in [0.05, 0.1) is 0 Å². The fourth-order valence-corrected chi connectivity index (χ4v) is 7.36. The summed E-state index contributed by atoms with van der Waals surface area (Å²) in [6.45, 7) is 9.63. The fourth-order valence-electron chi connectivity index (χ4n) is 3.08. The largest absolute Gasteiger partial charge is 0.517 e. The first-order valence-electron chi connectivity index (χ1n) is 10.0. The number of hydrogen-bond acceptors (Lipinski definition) is 4. The number of unbranched alkanes of at least 4 members (excludes halogenated alkanes) is 6. The molecule has 0 aliphatic carbocycles. The van der Waals surface area contributed by atoms with Gasteiger partial charge in [-0.3, -0.25) is 0 Å². The average Bonchev–Trinajstić information content (AvgIpc) is 2.60. The Morgan fingerprint density at radius 3 is 1.64 bits per heavy atom. The van der Waals surface area contributed by atoms with E-state index in [4.69, 9.17) is 9.16 Å². The molecule has 0 heterocycles. The van der Waals surface area contributed by atoms with E-state index >= 15 is 0 Å². The molecule has 0 bridgehead atoms. The van der Waals surface area contributed by atoms with Crippen LogP contribution in [0.15, 0.2) is 12.7 Å². The van der Waals surface area contributed by atoms with Gasteiger partial charge in [0.1, 0.15) is 0 Å². The molecule has 0 amide bonds. The van der Waals surface area contributed by atoms with Crippen molar-refractivity contribution in [2.45, 2.75) is 96.7 Å². The van der Waals surface area contributed by atoms with Crippen LogP contribution in [0.2, 0.25) is 18.1 Å². The quantitative estimate of drug-likeness (QED) is 0.150. The van der Waals surface area contributed by atoms with E-state index in [1.54, 1.807) is 0 Å². The van der Waals surface area contributed by atoms with Crippen LogP contribution in [0.25, 0.3) is 0 Å². The average molecular weight is 371 g/mol. The van der Waals surface area contributed by atoms with Gasteiger partial charge in [-0.05, 0) is 18.1 Å². The second-order valence-electron chi connectivity index (χ2n) is 6.84. The van der Waals surface area contributed by atoms with Crippen LogP contribution in [0.3, 0.4) is 0 Å². The molecule has 0 saturated carbocycles. The Balaban J connectivity index is 4.92. The van der Waals surface area contributed by atoms with E-state index in [0.29, 0.717) is 0 Å². The lowest BCUT2D eigenvalue weighted by molar-refractivity contribution is -0.150. The predicted molar refractivity (Wildman–Crippen MR) is 106 cm³/mol. The summed E-state index contributed by atoms with van der Waals surface area (Å²) in [6, 6.07) is 3.11. The van der Waals surface area contributed by atoms with E-state index < -0.39 is 14.3 Å². The molecule has 0 atom stereocenters. The first-order chi connectivity index (χ1) is 12.0. The van der Waals surface area contributed by atoms with Crippen molar-refractivity contribution in [3.05, 3.63) is 12.7 Å². The summed E-state index contributed by atoms with van der Waals surface area (Å²) in [6.07, 6.45) is 11.5. The molecule has 5 heteroatoms. The monoisotopic (exact) mass is 370 g/mol. The molecule has 0 fully saturated rings. The summed E-state index contributed by atoms with van der Waals surface area (Å²) in [4.78, 5) is 23.5. The third-order valence-electron chi connectivity index (χ3n) is 4.54. The Morgan fingerprint density at radius 2 is 1.28 bits per heavy atom. The second-order valence-corrected chi connectivity index (χ2v) is 10.9. The lowest BCUT2D eigenvalue weighted by Crippen LogP contribution is -2.41. The highest BCUT2D eigenvalue weighted by atomic mass is 28.4. The number of ether oxygens (including phenoxy) is 1. The van der Waals surface area contributed by atoms with Crippen molar-refractivity contribution in [1.29, 1.82) is 0 Å². The van der Waals surface area contributed by atoms with Crippen LogP contribution in [0.5, 0.6) is 0 Å². The predicted octanol–water partition coefficient (Wildman–Crippen LogP) is 5.77. The van der Waals surface area contributed by atoms with Gasteiger partial charge in [-0.1, -0.05) is 85.1 Å². The molecule has 0 aromatic rings. The Labute approximate surface area is 155 Å². The number of rotatable bonds is 16. The van der Waals surface area contributed by atoms with E-state index in [0.717, 1.165) is 43.5 Å². The zero-order valence-corrected chi connectivity index (χ0v) is 17.6. The summed E-state index contributed by atoms with van der Waals surface area (Å²) in [7, 11) is -2.12. The van der Waals surface area contributed by atoms with Crippen LogP contribution in [0, 0.1) is 0 Å². The molecule has 25 heavy (non-hydrogen) atoms. The van der Waals surface area contributed by atoms with Gasteiger partial charge in [0.15, 0.2) is 6.61 Å². The molecule has 0 saturated heterocycles. The molecule has 0 radical (unpaired) electrons. The zero-order chi connectivity index (χ0) is 19.0. The summed E-state index contributed by atoms with van der Waals surface area (Å²) in [5.41, 5.74) is 0. The maximum atomic E-state index is 12.3. The minimum Gasteiger partial charge on any atom is -0.517 e. The molecule has 0 aromatic carbocycles. The minimum absolute atomic E-state index is 0.297. The van der Waals surface area contributed by atoms with Crippen LogP contribution < -0.4 is 0 Å². The van der Waals surface area contributed by atoms with E-state index in [1.165, 1.54) is 38.5 Å². The highest BCUT2D eigenvalue weighted by Crippen LogP contribution is 2.30. The van der Waals surface area contributed by atoms with Crippen LogP contribution in [-0.4, -0.2) is 26.9 Å². The zero-order valence-electron chi connectivity index (χ0n) is 16.6. The second kappa shape index (κ2) is 15.2. The molecule has 4 nitrogen and oxygen atoms in total. The Bertz CT molecular complexity index is 355. The van der Waals surface area contributed by atoms with Gasteiger partial charge in [-0.25, -0.2) is 9.59 Å². The maximum absolute atomic E-state index is 12.3. The molecule has 146 valence electrons. The first kappa shape index (κ1) is 23.9. The number of carbonyl (C=O) groups is 2. The van der Waals surface area contributed by atoms with E-state index in [9.17, 15) is 9.59 Å². The lowest BCUT2D eigenvalue weighted by atomic mass is 10.3. The number of hydrogen-bond donors (Lipinski definition) is 0. The fraction of sp³-hybridized carbons (Fsp3) is 0.800. The topological polar surface area (TPSA) is 52.6 Å². The highest BCUT2D eigenvalue weighted by Gasteiger charge is 2.37. The van der Waals surface area contributed by atoms with Gasteiger partial charge >= 0.3 is 11.9 Å². The highest BCUT2D eigenvalue weighted by molar-refractivity contribution is 6.75. The van der Waals surface area contributed by atoms with Crippen molar-refractivity contribution in [2.24, 2.45) is 0 Å². The molecule has 0 aliphatic rings. The van der Waals surface area contributed by atoms with Gasteiger partial charge < -0.3 is 9.16 Å². The van der Waals surface area contributed by atoms with Gasteiger partial charge in [0.25, 0.3) is 8.32 Å². The van der Waals surface area contributed by atoms with Gasteiger partial charge in [0, 0.05) is 6.08 Å². The van der Waals surface area contributed by atoms with Gasteiger partial charge in [-0.15, -0.1) is 0 Å². The third kappa shape index (κ3) is 12.0. The molecular formula is C20H38O4Si. The Hall–Kier alpha value is -1.10. The standard InChI is InChI=1S/C20H38O4Si/c1-5-9-12-15-25(16-13-10-6-2,17-14-11-7-3)24-20(22)18-23-19(21)8-4/h8H,4-7,9-18H2,1-3H3. The van der Waals surface area contributed by atoms with Gasteiger partial charge in [0.2, 0.25) is 0 Å². The number of carbonyl (C=O) groups excluding carboxylic acids is 2. The molecule has 0 aromatic heterocycles. The van der Waals surface area contributed by atoms with E-state index in [2.05, 4.69) is 27.4 Å². The maximum Gasteiger partial charge on any atom is 0.331 e. The summed E-state index contributed by atoms with van der Waals surface area (Å²) in [5, 5.41) is 0. The summed E-state index contributed by atoms with van der Waals surface area (Å²) in [5.74, 6) is -0.960. The molecule has 0 spiro atoms. The number of esters is 1. The van der Waals surface area contributed by atoms with Crippen molar-refractivity contribution in [1.82, 2.24) is 0 Å². The smallest absolute Gasteiger partial charge is 0.331 e. The van der Waals surface area contributed by atoms with Crippen molar-refractivity contribution in [3.63, 3.8) is 0 Å². The molecule has 0 N–H and O–H groups in total. The molecule has 0 aliphatic heterocycles.